The minimum absolute atomic E-state index is 0.0545. The number of phenolic OH excluding ortho intramolecular Hbond substituents is 1. The molecule has 8 heteroatoms. The predicted octanol–water partition coefficient (Wildman–Crippen LogP) is 4.89. The summed E-state index contributed by atoms with van der Waals surface area (Å²) in [6.45, 7) is 11.3. The molecule has 0 saturated heterocycles. The Bertz CT molecular complexity index is 1060. The third-order valence-corrected chi connectivity index (χ3v) is 6.16. The standard InChI is InChI=1S/C30H43N3O5/c1-8-10-20(3)31-27(35)26(23-15-11-21(9-2)12-16-23)33(7)28(36)25(32-29(37)38-30(4,5)6)19-22-13-17-24(34)18-14-22/h11-18,20,25-26,34H,8-10,19H2,1-7H3,(H,31,35)(H,32,37). The van der Waals surface area contributed by atoms with Crippen LogP contribution in [0.4, 0.5) is 4.79 Å². The summed E-state index contributed by atoms with van der Waals surface area (Å²) in [7, 11) is 1.57. The van der Waals surface area contributed by atoms with E-state index in [9.17, 15) is 19.5 Å². The van der Waals surface area contributed by atoms with E-state index >= 15 is 0 Å². The van der Waals surface area contributed by atoms with Crippen molar-refractivity contribution < 1.29 is 24.2 Å². The Labute approximate surface area is 226 Å². The summed E-state index contributed by atoms with van der Waals surface area (Å²) in [5, 5.41) is 15.4. The number of alkyl carbamates (subject to hydrolysis) is 1. The first-order valence-corrected chi connectivity index (χ1v) is 13.3. The number of carbonyl (C=O) groups is 3. The largest absolute Gasteiger partial charge is 0.508 e. The summed E-state index contributed by atoms with van der Waals surface area (Å²) in [6.07, 6.45) is 2.01. The molecule has 0 fully saturated rings. The second-order valence-electron chi connectivity index (χ2n) is 10.7. The molecule has 2 aromatic carbocycles. The molecule has 0 aromatic heterocycles. The Morgan fingerprint density at radius 1 is 0.947 bits per heavy atom. The molecule has 0 aliphatic heterocycles. The zero-order chi connectivity index (χ0) is 28.5. The van der Waals surface area contributed by atoms with Gasteiger partial charge in [-0.05, 0) is 69.4 Å². The van der Waals surface area contributed by atoms with Crippen LogP contribution in [-0.4, -0.2) is 52.6 Å². The second-order valence-corrected chi connectivity index (χ2v) is 10.7. The number of hydrogen-bond donors (Lipinski definition) is 3. The van der Waals surface area contributed by atoms with E-state index < -0.39 is 29.7 Å². The summed E-state index contributed by atoms with van der Waals surface area (Å²) in [5.74, 6) is -0.624. The van der Waals surface area contributed by atoms with E-state index in [1.54, 1.807) is 40.0 Å². The van der Waals surface area contributed by atoms with Gasteiger partial charge < -0.3 is 25.4 Å². The maximum Gasteiger partial charge on any atom is 0.408 e. The van der Waals surface area contributed by atoms with Gasteiger partial charge >= 0.3 is 6.09 Å². The Morgan fingerprint density at radius 2 is 1.53 bits per heavy atom. The van der Waals surface area contributed by atoms with Gasteiger partial charge in [0.2, 0.25) is 11.8 Å². The van der Waals surface area contributed by atoms with Crippen LogP contribution < -0.4 is 10.6 Å². The van der Waals surface area contributed by atoms with Crippen LogP contribution in [0.1, 0.15) is 77.1 Å². The lowest BCUT2D eigenvalue weighted by molar-refractivity contribution is -0.141. The highest BCUT2D eigenvalue weighted by molar-refractivity contribution is 5.92. The predicted molar refractivity (Wildman–Crippen MR) is 149 cm³/mol. The minimum atomic E-state index is -1.00. The van der Waals surface area contributed by atoms with Gasteiger partial charge in [0.05, 0.1) is 0 Å². The number of phenols is 1. The quantitative estimate of drug-likeness (QED) is 0.387. The van der Waals surface area contributed by atoms with Gasteiger partial charge in [-0.15, -0.1) is 0 Å². The molecule has 0 spiro atoms. The van der Waals surface area contributed by atoms with E-state index in [-0.39, 0.29) is 24.1 Å². The molecule has 3 unspecified atom stereocenters. The Balaban J connectivity index is 2.41. The number of amides is 3. The molecule has 38 heavy (non-hydrogen) atoms. The third-order valence-electron chi connectivity index (χ3n) is 6.16. The van der Waals surface area contributed by atoms with Crippen LogP contribution in [0.15, 0.2) is 48.5 Å². The smallest absolute Gasteiger partial charge is 0.408 e. The van der Waals surface area contributed by atoms with Crippen LogP contribution in [0, 0.1) is 0 Å². The van der Waals surface area contributed by atoms with Crippen LogP contribution in [0.3, 0.4) is 0 Å². The fourth-order valence-electron chi connectivity index (χ4n) is 4.20. The number of aryl methyl sites for hydroxylation is 1. The van der Waals surface area contributed by atoms with Gasteiger partial charge in [-0.3, -0.25) is 9.59 Å². The number of hydrogen-bond acceptors (Lipinski definition) is 5. The average molecular weight is 526 g/mol. The Morgan fingerprint density at radius 3 is 2.05 bits per heavy atom. The summed E-state index contributed by atoms with van der Waals surface area (Å²) in [5.41, 5.74) is 1.79. The van der Waals surface area contributed by atoms with Crippen molar-refractivity contribution in [2.75, 3.05) is 7.05 Å². The zero-order valence-electron chi connectivity index (χ0n) is 23.7. The number of carbonyl (C=O) groups excluding carboxylic acids is 3. The fourth-order valence-corrected chi connectivity index (χ4v) is 4.20. The van der Waals surface area contributed by atoms with Gasteiger partial charge in [0.15, 0.2) is 0 Å². The molecule has 3 N–H and O–H groups in total. The molecule has 3 atom stereocenters. The minimum Gasteiger partial charge on any atom is -0.508 e. The normalized spacial score (nSPS) is 13.7. The highest BCUT2D eigenvalue weighted by Crippen LogP contribution is 2.23. The molecule has 2 aromatic rings. The van der Waals surface area contributed by atoms with Crippen molar-refractivity contribution in [1.29, 1.82) is 0 Å². The van der Waals surface area contributed by atoms with Crippen molar-refractivity contribution >= 4 is 17.9 Å². The molecule has 3 amide bonds. The molecule has 8 nitrogen and oxygen atoms in total. The van der Waals surface area contributed by atoms with Gasteiger partial charge in [0.1, 0.15) is 23.4 Å². The van der Waals surface area contributed by atoms with E-state index in [1.165, 1.54) is 17.0 Å². The maximum absolute atomic E-state index is 13.9. The summed E-state index contributed by atoms with van der Waals surface area (Å²) in [4.78, 5) is 41.5. The third kappa shape index (κ3) is 9.39. The molecule has 0 saturated carbocycles. The molecule has 0 aliphatic carbocycles. The van der Waals surface area contributed by atoms with E-state index in [0.717, 1.165) is 30.4 Å². The number of benzene rings is 2. The molecule has 2 rings (SSSR count). The summed E-state index contributed by atoms with van der Waals surface area (Å²) >= 11 is 0. The van der Waals surface area contributed by atoms with Crippen LogP contribution in [0.2, 0.25) is 0 Å². The number of likely N-dealkylation sites (N-methyl/N-ethyl adjacent to an activating group) is 1. The number of ether oxygens (including phenoxy) is 1. The lowest BCUT2D eigenvalue weighted by Gasteiger charge is -2.32. The van der Waals surface area contributed by atoms with Crippen molar-refractivity contribution in [3.05, 3.63) is 65.2 Å². The van der Waals surface area contributed by atoms with Crippen LogP contribution >= 0.6 is 0 Å². The fraction of sp³-hybridized carbons (Fsp3) is 0.500. The van der Waals surface area contributed by atoms with Gasteiger partial charge in [-0.2, -0.15) is 0 Å². The molecule has 208 valence electrons. The first-order valence-electron chi connectivity index (χ1n) is 13.3. The van der Waals surface area contributed by atoms with Crippen molar-refractivity contribution in [1.82, 2.24) is 15.5 Å². The van der Waals surface area contributed by atoms with E-state index in [4.69, 9.17) is 4.74 Å². The van der Waals surface area contributed by atoms with E-state index in [2.05, 4.69) is 24.5 Å². The molecule has 0 bridgehead atoms. The summed E-state index contributed by atoms with van der Waals surface area (Å²) < 4.78 is 5.41. The van der Waals surface area contributed by atoms with Gasteiger partial charge in [-0.25, -0.2) is 4.79 Å². The second kappa shape index (κ2) is 13.8. The average Bonchev–Trinajstić information content (AvgIpc) is 2.84. The molecule has 0 radical (unpaired) electrons. The molecular weight excluding hydrogens is 482 g/mol. The SMILES string of the molecule is CCCC(C)NC(=O)C(c1ccc(CC)cc1)N(C)C(=O)C(Cc1ccc(O)cc1)NC(=O)OC(C)(C)C. The van der Waals surface area contributed by atoms with E-state index in [0.29, 0.717) is 5.56 Å². The van der Waals surface area contributed by atoms with Crippen molar-refractivity contribution in [2.45, 2.75) is 91.0 Å². The first kappa shape index (κ1) is 30.7. The van der Waals surface area contributed by atoms with Gasteiger partial charge in [0, 0.05) is 19.5 Å². The van der Waals surface area contributed by atoms with Crippen LogP contribution in [0.5, 0.6) is 5.75 Å². The van der Waals surface area contributed by atoms with Crippen LogP contribution in [0.25, 0.3) is 0 Å². The Hall–Kier alpha value is -3.55. The van der Waals surface area contributed by atoms with E-state index in [1.807, 2.05) is 31.2 Å². The molecule has 0 aliphatic rings. The first-order chi connectivity index (χ1) is 17.8. The molecule has 0 heterocycles. The number of nitrogens with zero attached hydrogens (tertiary/aromatic N) is 1. The molecular formula is C30H43N3O5. The number of nitrogens with one attached hydrogen (secondary N) is 2. The number of aromatic hydroxyl groups is 1. The lowest BCUT2D eigenvalue weighted by atomic mass is 9.99. The highest BCUT2D eigenvalue weighted by Gasteiger charge is 2.34. The zero-order valence-corrected chi connectivity index (χ0v) is 23.7. The highest BCUT2D eigenvalue weighted by atomic mass is 16.6. The summed E-state index contributed by atoms with van der Waals surface area (Å²) in [6, 6.07) is 12.1. The van der Waals surface area contributed by atoms with Crippen molar-refractivity contribution in [3.63, 3.8) is 0 Å². The monoisotopic (exact) mass is 525 g/mol. The van der Waals surface area contributed by atoms with Crippen LogP contribution in [-0.2, 0) is 27.2 Å². The van der Waals surface area contributed by atoms with Crippen molar-refractivity contribution in [3.8, 4) is 5.75 Å². The van der Waals surface area contributed by atoms with Crippen molar-refractivity contribution in [2.24, 2.45) is 0 Å². The van der Waals surface area contributed by atoms with Gasteiger partial charge in [0.25, 0.3) is 0 Å². The topological polar surface area (TPSA) is 108 Å². The maximum atomic E-state index is 13.9. The number of rotatable bonds is 11. The lowest BCUT2D eigenvalue weighted by Crippen LogP contribution is -2.53. The Kier molecular flexibility index (Phi) is 11.2. The van der Waals surface area contributed by atoms with Gasteiger partial charge in [-0.1, -0.05) is 56.7 Å².